The van der Waals surface area contributed by atoms with Gasteiger partial charge in [-0.3, -0.25) is 4.79 Å². The molecule has 0 atom stereocenters. The van der Waals surface area contributed by atoms with Crippen molar-refractivity contribution in [2.24, 2.45) is 5.73 Å². The summed E-state index contributed by atoms with van der Waals surface area (Å²) < 4.78 is 18.1. The van der Waals surface area contributed by atoms with Crippen LogP contribution in [0, 0.1) is 5.82 Å². The largest absolute Gasteiger partial charge is 0.464 e. The van der Waals surface area contributed by atoms with E-state index in [2.05, 4.69) is 0 Å². The van der Waals surface area contributed by atoms with Crippen LogP contribution in [0.5, 0.6) is 0 Å². The Kier molecular flexibility index (Phi) is 2.05. The van der Waals surface area contributed by atoms with E-state index in [0.717, 1.165) is 6.07 Å². The van der Waals surface area contributed by atoms with Gasteiger partial charge in [-0.15, -0.1) is 0 Å². The van der Waals surface area contributed by atoms with Gasteiger partial charge in [0.15, 0.2) is 5.78 Å². The average Bonchev–Trinajstić information content (AvgIpc) is 2.62. The van der Waals surface area contributed by atoms with Crippen molar-refractivity contribution in [1.29, 1.82) is 0 Å². The molecular formula is C10H8FNO2. The zero-order valence-corrected chi connectivity index (χ0v) is 7.29. The molecule has 0 aliphatic carbocycles. The second kappa shape index (κ2) is 3.23. The van der Waals surface area contributed by atoms with Gasteiger partial charge < -0.3 is 10.2 Å². The first kappa shape index (κ1) is 8.90. The van der Waals surface area contributed by atoms with Crippen LogP contribution in [0.1, 0.15) is 10.4 Å². The Bertz CT molecular complexity index is 490. The highest BCUT2D eigenvalue weighted by molar-refractivity contribution is 6.07. The van der Waals surface area contributed by atoms with Crippen LogP contribution < -0.4 is 5.73 Å². The molecule has 2 aromatic rings. The Labute approximate surface area is 79.3 Å². The van der Waals surface area contributed by atoms with Crippen LogP contribution in [0.4, 0.5) is 4.39 Å². The molecule has 0 spiro atoms. The summed E-state index contributed by atoms with van der Waals surface area (Å²) in [5.74, 6) is -0.792. The van der Waals surface area contributed by atoms with E-state index in [1.54, 1.807) is 6.07 Å². The molecule has 1 aromatic carbocycles. The zero-order valence-electron chi connectivity index (χ0n) is 7.29. The van der Waals surface area contributed by atoms with Gasteiger partial charge in [0.2, 0.25) is 0 Å². The van der Waals surface area contributed by atoms with Crippen molar-refractivity contribution in [2.75, 3.05) is 6.54 Å². The smallest absolute Gasteiger partial charge is 0.180 e. The topological polar surface area (TPSA) is 56.2 Å². The summed E-state index contributed by atoms with van der Waals surface area (Å²) in [5.41, 5.74) is 5.79. The third-order valence-electron chi connectivity index (χ3n) is 2.00. The number of benzene rings is 1. The summed E-state index contributed by atoms with van der Waals surface area (Å²) in [5, 5.41) is 0.571. The van der Waals surface area contributed by atoms with E-state index in [0.29, 0.717) is 11.0 Å². The number of hydrogen-bond donors (Lipinski definition) is 1. The standard InChI is InChI=1S/C10H8FNO2/c11-7-3-6-1-2-14-10(6)8(4-7)9(13)5-12/h1-4H,5,12H2. The predicted molar refractivity (Wildman–Crippen MR) is 49.6 cm³/mol. The Morgan fingerprint density at radius 1 is 1.50 bits per heavy atom. The van der Waals surface area contributed by atoms with Gasteiger partial charge in [0, 0.05) is 5.39 Å². The quantitative estimate of drug-likeness (QED) is 0.738. The fraction of sp³-hybridized carbons (Fsp3) is 0.100. The molecule has 0 amide bonds. The Hall–Kier alpha value is -1.68. The van der Waals surface area contributed by atoms with Crippen molar-refractivity contribution >= 4 is 16.8 Å². The zero-order chi connectivity index (χ0) is 10.1. The molecule has 0 bridgehead atoms. The number of furan rings is 1. The minimum Gasteiger partial charge on any atom is -0.464 e. The molecule has 2 rings (SSSR count). The van der Waals surface area contributed by atoms with Gasteiger partial charge >= 0.3 is 0 Å². The van der Waals surface area contributed by atoms with Crippen molar-refractivity contribution < 1.29 is 13.6 Å². The maximum Gasteiger partial charge on any atom is 0.180 e. The molecule has 14 heavy (non-hydrogen) atoms. The number of carbonyl (C=O) groups is 1. The molecule has 3 nitrogen and oxygen atoms in total. The molecule has 1 aromatic heterocycles. The van der Waals surface area contributed by atoms with Gasteiger partial charge in [-0.1, -0.05) is 0 Å². The third-order valence-corrected chi connectivity index (χ3v) is 2.00. The van der Waals surface area contributed by atoms with Crippen LogP contribution in [0.15, 0.2) is 28.9 Å². The van der Waals surface area contributed by atoms with Gasteiger partial charge in [-0.2, -0.15) is 0 Å². The van der Waals surface area contributed by atoms with E-state index in [-0.39, 0.29) is 17.9 Å². The monoisotopic (exact) mass is 193 g/mol. The van der Waals surface area contributed by atoms with E-state index < -0.39 is 5.82 Å². The predicted octanol–water partition coefficient (Wildman–Crippen LogP) is 1.71. The second-order valence-corrected chi connectivity index (χ2v) is 2.92. The van der Waals surface area contributed by atoms with Crippen molar-refractivity contribution in [3.05, 3.63) is 35.8 Å². The Morgan fingerprint density at radius 2 is 2.29 bits per heavy atom. The lowest BCUT2D eigenvalue weighted by Crippen LogP contribution is -2.13. The van der Waals surface area contributed by atoms with Crippen LogP contribution in [-0.2, 0) is 0 Å². The molecule has 2 N–H and O–H groups in total. The summed E-state index contributed by atoms with van der Waals surface area (Å²) in [7, 11) is 0. The van der Waals surface area contributed by atoms with Crippen LogP contribution >= 0.6 is 0 Å². The number of nitrogens with two attached hydrogens (primary N) is 1. The van der Waals surface area contributed by atoms with Crippen LogP contribution in [0.25, 0.3) is 11.0 Å². The highest BCUT2D eigenvalue weighted by Gasteiger charge is 2.12. The summed E-state index contributed by atoms with van der Waals surface area (Å²) in [6, 6.07) is 4.05. The molecule has 0 radical (unpaired) electrons. The first-order valence-corrected chi connectivity index (χ1v) is 4.12. The van der Waals surface area contributed by atoms with Gasteiger partial charge in [0.05, 0.1) is 18.4 Å². The number of halogens is 1. The number of ketones is 1. The summed E-state index contributed by atoms with van der Waals surface area (Å²) in [6.07, 6.45) is 1.41. The maximum absolute atomic E-state index is 13.0. The van der Waals surface area contributed by atoms with E-state index in [1.807, 2.05) is 0 Å². The van der Waals surface area contributed by atoms with Crippen LogP contribution in [-0.4, -0.2) is 12.3 Å². The average molecular weight is 193 g/mol. The molecule has 0 saturated carbocycles. The first-order valence-electron chi connectivity index (χ1n) is 4.12. The lowest BCUT2D eigenvalue weighted by Gasteiger charge is -1.99. The summed E-state index contributed by atoms with van der Waals surface area (Å²) in [4.78, 5) is 11.3. The maximum atomic E-state index is 13.0. The van der Waals surface area contributed by atoms with Gasteiger partial charge in [0.25, 0.3) is 0 Å². The van der Waals surface area contributed by atoms with Gasteiger partial charge in [0.1, 0.15) is 11.4 Å². The van der Waals surface area contributed by atoms with Gasteiger partial charge in [-0.25, -0.2) is 4.39 Å². The summed E-state index contributed by atoms with van der Waals surface area (Å²) in [6.45, 7) is -0.154. The molecule has 1 heterocycles. The van der Waals surface area contributed by atoms with E-state index >= 15 is 0 Å². The minimum atomic E-state index is -0.462. The third kappa shape index (κ3) is 1.29. The SMILES string of the molecule is NCC(=O)c1cc(F)cc2ccoc12. The van der Waals surface area contributed by atoms with Crippen molar-refractivity contribution in [3.8, 4) is 0 Å². The highest BCUT2D eigenvalue weighted by atomic mass is 19.1. The lowest BCUT2D eigenvalue weighted by molar-refractivity contribution is 0.100. The summed E-state index contributed by atoms with van der Waals surface area (Å²) >= 11 is 0. The Morgan fingerprint density at radius 3 is 3.00 bits per heavy atom. The fourth-order valence-corrected chi connectivity index (χ4v) is 1.36. The van der Waals surface area contributed by atoms with Crippen LogP contribution in [0.2, 0.25) is 0 Å². The van der Waals surface area contributed by atoms with E-state index in [1.165, 1.54) is 12.3 Å². The Balaban J connectivity index is 2.72. The molecule has 4 heteroatoms. The molecular weight excluding hydrogens is 185 g/mol. The molecule has 0 saturated heterocycles. The fourth-order valence-electron chi connectivity index (χ4n) is 1.36. The molecule has 0 unspecified atom stereocenters. The van der Waals surface area contributed by atoms with E-state index in [4.69, 9.17) is 10.2 Å². The van der Waals surface area contributed by atoms with Crippen LogP contribution in [0.3, 0.4) is 0 Å². The number of fused-ring (bicyclic) bond motifs is 1. The number of hydrogen-bond acceptors (Lipinski definition) is 3. The number of carbonyl (C=O) groups excluding carboxylic acids is 1. The molecule has 72 valence electrons. The van der Waals surface area contributed by atoms with Crippen molar-refractivity contribution in [1.82, 2.24) is 0 Å². The number of Topliss-reactive ketones (excluding diaryl/α,β-unsaturated/α-hetero) is 1. The van der Waals surface area contributed by atoms with Gasteiger partial charge in [-0.05, 0) is 18.2 Å². The van der Waals surface area contributed by atoms with E-state index in [9.17, 15) is 9.18 Å². The minimum absolute atomic E-state index is 0.154. The van der Waals surface area contributed by atoms with Crippen molar-refractivity contribution in [2.45, 2.75) is 0 Å². The molecule has 0 aliphatic rings. The van der Waals surface area contributed by atoms with Crippen molar-refractivity contribution in [3.63, 3.8) is 0 Å². The number of rotatable bonds is 2. The highest BCUT2D eigenvalue weighted by Crippen LogP contribution is 2.21. The second-order valence-electron chi connectivity index (χ2n) is 2.92. The lowest BCUT2D eigenvalue weighted by atomic mass is 10.1. The molecule has 0 fully saturated rings. The first-order chi connectivity index (χ1) is 6.72. The molecule has 0 aliphatic heterocycles. The normalized spacial score (nSPS) is 10.7.